The summed E-state index contributed by atoms with van der Waals surface area (Å²) in [6.07, 6.45) is 7.02. The molecule has 0 bridgehead atoms. The van der Waals surface area contributed by atoms with Gasteiger partial charge in [-0.15, -0.1) is 11.3 Å². The molecular formula is C24H32N6S. The van der Waals surface area contributed by atoms with Crippen molar-refractivity contribution in [1.29, 1.82) is 0 Å². The second-order valence-electron chi connectivity index (χ2n) is 7.82. The van der Waals surface area contributed by atoms with E-state index < -0.39 is 0 Å². The minimum absolute atomic E-state index is 0.467. The van der Waals surface area contributed by atoms with Crippen LogP contribution in [0.15, 0.2) is 65.2 Å². The van der Waals surface area contributed by atoms with Gasteiger partial charge < -0.3 is 20.1 Å². The van der Waals surface area contributed by atoms with Crippen LogP contribution in [-0.2, 0) is 13.0 Å². The third-order valence-electron chi connectivity index (χ3n) is 5.60. The third-order valence-corrected chi connectivity index (χ3v) is 6.53. The molecule has 164 valence electrons. The second-order valence-corrected chi connectivity index (χ2v) is 8.75. The Bertz CT molecular complexity index is 926. The Kier molecular flexibility index (Phi) is 7.60. The zero-order valence-electron chi connectivity index (χ0n) is 18.2. The first-order chi connectivity index (χ1) is 15.3. The van der Waals surface area contributed by atoms with E-state index in [-0.39, 0.29) is 0 Å². The van der Waals surface area contributed by atoms with E-state index in [9.17, 15) is 0 Å². The Hall–Kier alpha value is -2.80. The monoisotopic (exact) mass is 436 g/mol. The highest BCUT2D eigenvalue weighted by atomic mass is 32.1. The Balaban J connectivity index is 1.28. The van der Waals surface area contributed by atoms with Crippen molar-refractivity contribution >= 4 is 22.3 Å². The van der Waals surface area contributed by atoms with E-state index in [4.69, 9.17) is 4.99 Å². The predicted octanol–water partition coefficient (Wildman–Crippen LogP) is 3.76. The average molecular weight is 437 g/mol. The molecule has 0 spiro atoms. The molecule has 31 heavy (non-hydrogen) atoms. The maximum atomic E-state index is 4.83. The molecule has 4 rings (SSSR count). The molecule has 3 aromatic rings. The van der Waals surface area contributed by atoms with Gasteiger partial charge in [-0.05, 0) is 42.8 Å². The first-order valence-corrected chi connectivity index (χ1v) is 12.1. The van der Waals surface area contributed by atoms with Gasteiger partial charge in [0.15, 0.2) is 5.96 Å². The van der Waals surface area contributed by atoms with Crippen LogP contribution in [0, 0.1) is 0 Å². The largest absolute Gasteiger partial charge is 0.363 e. The molecule has 3 heterocycles. The van der Waals surface area contributed by atoms with E-state index in [1.165, 1.54) is 10.6 Å². The van der Waals surface area contributed by atoms with Gasteiger partial charge in [0, 0.05) is 57.6 Å². The number of anilines is 1. The molecule has 0 aliphatic carbocycles. The molecule has 0 radical (unpaired) electrons. The van der Waals surface area contributed by atoms with Gasteiger partial charge in [0.05, 0.1) is 5.00 Å². The summed E-state index contributed by atoms with van der Waals surface area (Å²) in [5, 5.41) is 10.6. The number of guanidine groups is 1. The average Bonchev–Trinajstić information content (AvgIpc) is 3.48. The molecule has 0 saturated carbocycles. The fourth-order valence-corrected chi connectivity index (χ4v) is 4.75. The number of rotatable bonds is 8. The highest BCUT2D eigenvalue weighted by Gasteiger charge is 2.20. The van der Waals surface area contributed by atoms with Gasteiger partial charge in [-0.3, -0.25) is 4.99 Å². The molecule has 6 nitrogen and oxygen atoms in total. The van der Waals surface area contributed by atoms with E-state index in [1.54, 1.807) is 0 Å². The molecule has 0 unspecified atom stereocenters. The van der Waals surface area contributed by atoms with E-state index in [0.29, 0.717) is 6.04 Å². The molecular weight excluding hydrogens is 404 g/mol. The van der Waals surface area contributed by atoms with Gasteiger partial charge in [0.1, 0.15) is 5.82 Å². The Morgan fingerprint density at radius 3 is 2.74 bits per heavy atom. The molecule has 2 N–H and O–H groups in total. The molecule has 1 aliphatic heterocycles. The lowest BCUT2D eigenvalue weighted by Crippen LogP contribution is -2.48. The summed E-state index contributed by atoms with van der Waals surface area (Å²) in [6, 6.07) is 15.3. The number of aromatic nitrogens is 2. The van der Waals surface area contributed by atoms with Gasteiger partial charge in [-0.25, -0.2) is 4.98 Å². The molecule has 1 fully saturated rings. The van der Waals surface area contributed by atoms with Crippen LogP contribution >= 0.6 is 11.3 Å². The maximum Gasteiger partial charge on any atom is 0.191 e. The van der Waals surface area contributed by atoms with Crippen LogP contribution in [0.2, 0.25) is 0 Å². The number of nitrogens with one attached hydrogen (secondary N) is 2. The van der Waals surface area contributed by atoms with E-state index in [2.05, 4.69) is 80.0 Å². The summed E-state index contributed by atoms with van der Waals surface area (Å²) in [7, 11) is 0. The number of benzene rings is 1. The molecule has 1 aliphatic rings. The normalized spacial score (nSPS) is 15.3. The smallest absolute Gasteiger partial charge is 0.191 e. The number of hydrogen-bond acceptors (Lipinski definition) is 4. The molecule has 0 amide bonds. The molecule has 0 atom stereocenters. The van der Waals surface area contributed by atoms with E-state index in [0.717, 1.165) is 63.8 Å². The summed E-state index contributed by atoms with van der Waals surface area (Å²) in [4.78, 5) is 11.9. The summed E-state index contributed by atoms with van der Waals surface area (Å²) in [5.74, 6) is 1.99. The summed E-state index contributed by atoms with van der Waals surface area (Å²) >= 11 is 1.83. The van der Waals surface area contributed by atoms with Gasteiger partial charge in [-0.1, -0.05) is 30.3 Å². The minimum Gasteiger partial charge on any atom is -0.363 e. The third kappa shape index (κ3) is 6.10. The Labute approximate surface area is 189 Å². The summed E-state index contributed by atoms with van der Waals surface area (Å²) < 4.78 is 2.21. The van der Waals surface area contributed by atoms with Crippen molar-refractivity contribution < 1.29 is 0 Å². The number of aliphatic imine (C=N–C) groups is 1. The molecule has 1 aromatic carbocycles. The van der Waals surface area contributed by atoms with Gasteiger partial charge >= 0.3 is 0 Å². The van der Waals surface area contributed by atoms with Crippen LogP contribution < -0.4 is 15.5 Å². The van der Waals surface area contributed by atoms with Crippen LogP contribution in [-0.4, -0.2) is 47.7 Å². The van der Waals surface area contributed by atoms with Crippen molar-refractivity contribution in [2.45, 2.75) is 38.8 Å². The van der Waals surface area contributed by atoms with Crippen molar-refractivity contribution in [2.75, 3.05) is 31.1 Å². The van der Waals surface area contributed by atoms with Crippen LogP contribution in [0.1, 0.15) is 31.2 Å². The number of nitrogens with zero attached hydrogens (tertiary/aromatic N) is 4. The van der Waals surface area contributed by atoms with Gasteiger partial charge in [0.25, 0.3) is 0 Å². The lowest BCUT2D eigenvalue weighted by molar-refractivity contribution is 0.463. The summed E-state index contributed by atoms with van der Waals surface area (Å²) in [5.41, 5.74) is 1.29. The lowest BCUT2D eigenvalue weighted by Gasteiger charge is -2.33. The minimum atomic E-state index is 0.467. The van der Waals surface area contributed by atoms with Crippen LogP contribution in [0.5, 0.6) is 0 Å². The van der Waals surface area contributed by atoms with Crippen LogP contribution in [0.3, 0.4) is 0 Å². The Morgan fingerprint density at radius 1 is 1.16 bits per heavy atom. The van der Waals surface area contributed by atoms with Crippen molar-refractivity contribution in [3.8, 4) is 0 Å². The number of piperidine rings is 1. The first kappa shape index (κ1) is 21.4. The van der Waals surface area contributed by atoms with E-state index >= 15 is 0 Å². The van der Waals surface area contributed by atoms with E-state index in [1.807, 2.05) is 23.6 Å². The number of thiophene rings is 1. The first-order valence-electron chi connectivity index (χ1n) is 11.2. The van der Waals surface area contributed by atoms with Gasteiger partial charge in [-0.2, -0.15) is 0 Å². The zero-order valence-corrected chi connectivity index (χ0v) is 19.0. The summed E-state index contributed by atoms with van der Waals surface area (Å²) in [6.45, 7) is 6.73. The van der Waals surface area contributed by atoms with Crippen molar-refractivity contribution in [3.63, 3.8) is 0 Å². The number of imidazole rings is 1. The Morgan fingerprint density at radius 2 is 2.00 bits per heavy atom. The van der Waals surface area contributed by atoms with Crippen molar-refractivity contribution in [2.24, 2.45) is 4.99 Å². The molecule has 1 saturated heterocycles. The quantitative estimate of drug-likeness (QED) is 0.417. The lowest BCUT2D eigenvalue weighted by atomic mass is 10.1. The zero-order chi connectivity index (χ0) is 21.3. The number of hydrogen-bond donors (Lipinski definition) is 2. The highest BCUT2D eigenvalue weighted by Crippen LogP contribution is 2.24. The fourth-order valence-electron chi connectivity index (χ4n) is 3.97. The molecule has 7 heteroatoms. The van der Waals surface area contributed by atoms with Gasteiger partial charge in [0.2, 0.25) is 0 Å². The molecule has 2 aromatic heterocycles. The van der Waals surface area contributed by atoms with Crippen LogP contribution in [0.25, 0.3) is 0 Å². The predicted molar refractivity (Wildman–Crippen MR) is 130 cm³/mol. The van der Waals surface area contributed by atoms with Crippen LogP contribution in [0.4, 0.5) is 5.00 Å². The standard InChI is InChI=1S/C24H32N6S/c1-2-25-24(28-21-11-15-29(16-12-21)23-9-6-18-31-23)27-13-10-22-26-14-17-30(22)19-20-7-4-3-5-8-20/h3-9,14,17-18,21H,2,10-13,15-16,19H2,1H3,(H2,25,27,28). The SMILES string of the molecule is CCNC(=NCCc1nccn1Cc1ccccc1)NC1CCN(c2cccs2)CC1. The fraction of sp³-hybridized carbons (Fsp3) is 0.417. The van der Waals surface area contributed by atoms with Crippen molar-refractivity contribution in [1.82, 2.24) is 20.2 Å². The van der Waals surface area contributed by atoms with Crippen molar-refractivity contribution in [3.05, 3.63) is 71.6 Å². The maximum absolute atomic E-state index is 4.83. The topological polar surface area (TPSA) is 57.5 Å². The highest BCUT2D eigenvalue weighted by molar-refractivity contribution is 7.14. The second kappa shape index (κ2) is 11.0.